The third-order valence-electron chi connectivity index (χ3n) is 4.01. The molecule has 3 aromatic rings. The van der Waals surface area contributed by atoms with E-state index in [0.717, 1.165) is 17.2 Å². The Morgan fingerprint density at radius 2 is 1.97 bits per heavy atom. The van der Waals surface area contributed by atoms with Crippen LogP contribution in [0.15, 0.2) is 48.7 Å². The largest absolute Gasteiger partial charge is 0.471 e. The van der Waals surface area contributed by atoms with Crippen LogP contribution in [0.2, 0.25) is 0 Å². The summed E-state index contributed by atoms with van der Waals surface area (Å²) in [5.41, 5.74) is 2.21. The summed E-state index contributed by atoms with van der Waals surface area (Å²) >= 11 is 0. The second kappa shape index (κ2) is 8.22. The highest BCUT2D eigenvalue weighted by molar-refractivity contribution is 6.03. The maximum atomic E-state index is 12.4. The molecule has 0 bridgehead atoms. The summed E-state index contributed by atoms with van der Waals surface area (Å²) in [5, 5.41) is 26.7. The Morgan fingerprint density at radius 3 is 2.62 bits per heavy atom. The van der Waals surface area contributed by atoms with E-state index in [1.165, 1.54) is 22.9 Å². The van der Waals surface area contributed by atoms with Gasteiger partial charge in [-0.05, 0) is 49.2 Å². The minimum Gasteiger partial charge on any atom is -0.471 e. The Balaban J connectivity index is 1.68. The number of ether oxygens (including phenoxy) is 1. The molecule has 1 heterocycles. The molecule has 0 aliphatic rings. The average molecular weight is 391 g/mol. The highest BCUT2D eigenvalue weighted by Crippen LogP contribution is 2.22. The Labute approximate surface area is 166 Å². The molecular weight excluding hydrogens is 374 g/mol. The third-order valence-corrected chi connectivity index (χ3v) is 4.01. The molecule has 0 fully saturated rings. The maximum Gasteiger partial charge on any atom is 0.276 e. The molecule has 1 aromatic heterocycles. The van der Waals surface area contributed by atoms with Gasteiger partial charge in [0.2, 0.25) is 0 Å². The molecule has 0 atom stereocenters. The van der Waals surface area contributed by atoms with E-state index < -0.39 is 10.8 Å². The molecular formula is C20H17N5O4. The number of nitrogens with zero attached hydrogens (tertiary/aromatic N) is 4. The van der Waals surface area contributed by atoms with Crippen LogP contribution in [0.4, 0.5) is 11.4 Å². The zero-order valence-corrected chi connectivity index (χ0v) is 15.7. The van der Waals surface area contributed by atoms with Gasteiger partial charge in [-0.15, -0.1) is 0 Å². The van der Waals surface area contributed by atoms with Crippen molar-refractivity contribution in [1.29, 1.82) is 5.26 Å². The van der Waals surface area contributed by atoms with Crippen molar-refractivity contribution in [3.8, 4) is 11.8 Å². The first-order chi connectivity index (χ1) is 13.9. The number of nitrogens with one attached hydrogen (secondary N) is 1. The molecule has 0 unspecified atom stereocenters. The molecule has 1 N–H and O–H groups in total. The number of benzene rings is 2. The summed E-state index contributed by atoms with van der Waals surface area (Å²) < 4.78 is 7.16. The molecule has 0 aliphatic carbocycles. The number of carbonyl (C=O) groups is 1. The fraction of sp³-hybridized carbons (Fsp3) is 0.150. The molecule has 1 amide bonds. The Morgan fingerprint density at radius 1 is 1.24 bits per heavy atom. The lowest BCUT2D eigenvalue weighted by molar-refractivity contribution is -0.384. The van der Waals surface area contributed by atoms with E-state index >= 15 is 0 Å². The zero-order chi connectivity index (χ0) is 21.0. The number of nitro benzene ring substituents is 1. The number of aryl methyl sites for hydroxylation is 2. The molecule has 3 rings (SSSR count). The van der Waals surface area contributed by atoms with Gasteiger partial charge in [0.15, 0.2) is 12.4 Å². The van der Waals surface area contributed by atoms with E-state index in [4.69, 9.17) is 10.00 Å². The van der Waals surface area contributed by atoms with Gasteiger partial charge in [-0.2, -0.15) is 10.4 Å². The second-order valence-electron chi connectivity index (χ2n) is 6.39. The lowest BCUT2D eigenvalue weighted by atomic mass is 10.1. The SMILES string of the molecule is Cc1cc(C)cc(OCn2ccc(C(=O)Nc3ccc([N+](=O)[O-])cc3C#N)n2)c1. The van der Waals surface area contributed by atoms with Crippen LogP contribution in [0, 0.1) is 35.3 Å². The first-order valence-corrected chi connectivity index (χ1v) is 8.60. The van der Waals surface area contributed by atoms with E-state index in [0.29, 0.717) is 5.75 Å². The van der Waals surface area contributed by atoms with Gasteiger partial charge in [0.25, 0.3) is 11.6 Å². The van der Waals surface area contributed by atoms with Gasteiger partial charge in [0, 0.05) is 18.3 Å². The summed E-state index contributed by atoms with van der Waals surface area (Å²) in [7, 11) is 0. The van der Waals surface area contributed by atoms with E-state index in [1.54, 1.807) is 6.20 Å². The summed E-state index contributed by atoms with van der Waals surface area (Å²) in [6.45, 7) is 4.07. The molecule has 9 nitrogen and oxygen atoms in total. The lowest BCUT2D eigenvalue weighted by Crippen LogP contribution is -2.15. The Kier molecular flexibility index (Phi) is 5.55. The molecule has 0 saturated heterocycles. The summed E-state index contributed by atoms with van der Waals surface area (Å²) in [4.78, 5) is 22.6. The van der Waals surface area contributed by atoms with Crippen molar-refractivity contribution in [2.45, 2.75) is 20.6 Å². The standard InChI is InChI=1S/C20H17N5O4/c1-13-7-14(2)9-17(8-13)29-12-24-6-5-19(23-24)20(26)22-18-4-3-16(25(27)28)10-15(18)11-21/h3-10H,12H2,1-2H3,(H,22,26). The number of hydrogen-bond donors (Lipinski definition) is 1. The van der Waals surface area contributed by atoms with E-state index in [2.05, 4.69) is 10.4 Å². The first kappa shape index (κ1) is 19.6. The van der Waals surface area contributed by atoms with Crippen LogP contribution < -0.4 is 10.1 Å². The van der Waals surface area contributed by atoms with Crippen molar-refractivity contribution in [2.75, 3.05) is 5.32 Å². The van der Waals surface area contributed by atoms with Gasteiger partial charge in [-0.3, -0.25) is 14.9 Å². The predicted octanol–water partition coefficient (Wildman–Crippen LogP) is 3.57. The molecule has 146 valence electrons. The Hall–Kier alpha value is -4.19. The number of nitriles is 1. The van der Waals surface area contributed by atoms with E-state index in [1.807, 2.05) is 38.1 Å². The quantitative estimate of drug-likeness (QED) is 0.506. The van der Waals surface area contributed by atoms with Gasteiger partial charge < -0.3 is 10.1 Å². The highest BCUT2D eigenvalue weighted by atomic mass is 16.6. The van der Waals surface area contributed by atoms with Gasteiger partial charge in [-0.25, -0.2) is 4.68 Å². The number of aromatic nitrogens is 2. The maximum absolute atomic E-state index is 12.4. The topological polar surface area (TPSA) is 123 Å². The van der Waals surface area contributed by atoms with E-state index in [9.17, 15) is 14.9 Å². The van der Waals surface area contributed by atoms with Crippen molar-refractivity contribution >= 4 is 17.3 Å². The van der Waals surface area contributed by atoms with Crippen LogP contribution in [0.25, 0.3) is 0 Å². The molecule has 29 heavy (non-hydrogen) atoms. The minimum atomic E-state index is -0.607. The number of amides is 1. The van der Waals surface area contributed by atoms with Crippen molar-refractivity contribution in [3.63, 3.8) is 0 Å². The van der Waals surface area contributed by atoms with Crippen molar-refractivity contribution in [2.24, 2.45) is 0 Å². The number of carbonyl (C=O) groups excluding carboxylic acids is 1. The number of rotatable bonds is 6. The number of anilines is 1. The molecule has 2 aromatic carbocycles. The number of hydrogen-bond acceptors (Lipinski definition) is 6. The number of non-ortho nitro benzene ring substituents is 1. The second-order valence-corrected chi connectivity index (χ2v) is 6.39. The van der Waals surface area contributed by atoms with Gasteiger partial charge in [0.1, 0.15) is 11.8 Å². The van der Waals surface area contributed by atoms with Crippen LogP contribution in [-0.2, 0) is 6.73 Å². The zero-order valence-electron chi connectivity index (χ0n) is 15.7. The molecule has 0 spiro atoms. The summed E-state index contributed by atoms with van der Waals surface area (Å²) in [5.74, 6) is 0.161. The summed E-state index contributed by atoms with van der Waals surface area (Å²) in [6, 6.07) is 12.8. The number of nitro groups is 1. The van der Waals surface area contributed by atoms with Crippen molar-refractivity contribution < 1.29 is 14.5 Å². The molecule has 0 saturated carbocycles. The lowest BCUT2D eigenvalue weighted by Gasteiger charge is -2.08. The first-order valence-electron chi connectivity index (χ1n) is 8.60. The smallest absolute Gasteiger partial charge is 0.276 e. The van der Waals surface area contributed by atoms with Crippen molar-refractivity contribution in [1.82, 2.24) is 9.78 Å². The van der Waals surface area contributed by atoms with Crippen LogP contribution in [0.1, 0.15) is 27.2 Å². The van der Waals surface area contributed by atoms with Gasteiger partial charge >= 0.3 is 0 Å². The molecule has 9 heteroatoms. The van der Waals surface area contributed by atoms with Crippen molar-refractivity contribution in [3.05, 3.63) is 81.2 Å². The van der Waals surface area contributed by atoms with Crippen LogP contribution in [-0.4, -0.2) is 20.6 Å². The van der Waals surface area contributed by atoms with Crippen LogP contribution in [0.3, 0.4) is 0 Å². The fourth-order valence-corrected chi connectivity index (χ4v) is 2.75. The predicted molar refractivity (Wildman–Crippen MR) is 105 cm³/mol. The average Bonchev–Trinajstić information content (AvgIpc) is 3.15. The van der Waals surface area contributed by atoms with Gasteiger partial charge in [0.05, 0.1) is 16.2 Å². The highest BCUT2D eigenvalue weighted by Gasteiger charge is 2.15. The molecule has 0 radical (unpaired) electrons. The molecule has 0 aliphatic heterocycles. The van der Waals surface area contributed by atoms with Crippen LogP contribution >= 0.6 is 0 Å². The Bertz CT molecular complexity index is 1110. The summed E-state index contributed by atoms with van der Waals surface area (Å²) in [6.07, 6.45) is 1.60. The third kappa shape index (κ3) is 4.75. The van der Waals surface area contributed by atoms with Crippen LogP contribution in [0.5, 0.6) is 5.75 Å². The normalized spacial score (nSPS) is 10.2. The monoisotopic (exact) mass is 391 g/mol. The van der Waals surface area contributed by atoms with Gasteiger partial charge in [-0.1, -0.05) is 6.07 Å². The van der Waals surface area contributed by atoms with E-state index in [-0.39, 0.29) is 29.4 Å². The minimum absolute atomic E-state index is 0.00914. The fourth-order valence-electron chi connectivity index (χ4n) is 2.75.